The molecule has 1 N–H and O–H groups in total. The number of nitrogens with zero attached hydrogens (tertiary/aromatic N) is 1. The van der Waals surface area contributed by atoms with Gasteiger partial charge in [-0.15, -0.1) is 0 Å². The van der Waals surface area contributed by atoms with Gasteiger partial charge < -0.3 is 19.4 Å². The van der Waals surface area contributed by atoms with Gasteiger partial charge >= 0.3 is 0 Å². The van der Waals surface area contributed by atoms with Crippen LogP contribution in [-0.4, -0.2) is 36.9 Å². The molecule has 0 spiro atoms. The molecule has 150 valence electrons. The fourth-order valence-electron chi connectivity index (χ4n) is 3.63. The van der Waals surface area contributed by atoms with E-state index in [0.717, 1.165) is 12.8 Å². The summed E-state index contributed by atoms with van der Waals surface area (Å²) in [5, 5.41) is 3.60. The number of carbonyl (C=O) groups excluding carboxylic acids is 2. The van der Waals surface area contributed by atoms with Crippen LogP contribution in [0.5, 0.6) is 5.75 Å². The van der Waals surface area contributed by atoms with E-state index in [1.807, 2.05) is 18.2 Å². The number of methoxy groups -OCH3 is 1. The number of rotatable bonds is 4. The monoisotopic (exact) mass is 392 g/mol. The zero-order chi connectivity index (χ0) is 20.4. The van der Waals surface area contributed by atoms with Crippen molar-refractivity contribution in [3.05, 3.63) is 59.9 Å². The maximum absolute atomic E-state index is 13.2. The SMILES string of the molecule is COc1cccc(C(=O)Nc2c(C(=O)N3CCC(C)CC3)oc3ccccc23)c1. The Morgan fingerprint density at radius 2 is 1.86 bits per heavy atom. The Morgan fingerprint density at radius 3 is 2.62 bits per heavy atom. The molecule has 3 aromatic rings. The quantitative estimate of drug-likeness (QED) is 0.706. The lowest BCUT2D eigenvalue weighted by molar-refractivity contribution is 0.0669. The number of hydrogen-bond acceptors (Lipinski definition) is 4. The average Bonchev–Trinajstić information content (AvgIpc) is 3.12. The van der Waals surface area contributed by atoms with E-state index in [2.05, 4.69) is 12.2 Å². The number of fused-ring (bicyclic) bond motifs is 1. The molecule has 4 rings (SSSR count). The highest BCUT2D eigenvalue weighted by Gasteiger charge is 2.28. The summed E-state index contributed by atoms with van der Waals surface area (Å²) in [6.45, 7) is 3.59. The van der Waals surface area contributed by atoms with E-state index < -0.39 is 0 Å². The number of benzene rings is 2. The van der Waals surface area contributed by atoms with Crippen molar-refractivity contribution in [1.82, 2.24) is 4.90 Å². The van der Waals surface area contributed by atoms with Crippen LogP contribution in [0.4, 0.5) is 5.69 Å². The van der Waals surface area contributed by atoms with E-state index >= 15 is 0 Å². The van der Waals surface area contributed by atoms with Gasteiger partial charge in [-0.05, 0) is 49.1 Å². The van der Waals surface area contributed by atoms with Crippen LogP contribution in [0.1, 0.15) is 40.7 Å². The van der Waals surface area contributed by atoms with Gasteiger partial charge in [0.25, 0.3) is 11.8 Å². The van der Waals surface area contributed by atoms with Crippen LogP contribution in [-0.2, 0) is 0 Å². The molecule has 6 heteroatoms. The third-order valence-electron chi connectivity index (χ3n) is 5.43. The number of anilines is 1. The summed E-state index contributed by atoms with van der Waals surface area (Å²) in [7, 11) is 1.55. The molecule has 29 heavy (non-hydrogen) atoms. The number of para-hydroxylation sites is 1. The van der Waals surface area contributed by atoms with Crippen molar-refractivity contribution in [3.8, 4) is 5.75 Å². The number of furan rings is 1. The number of nitrogens with one attached hydrogen (secondary N) is 1. The maximum Gasteiger partial charge on any atom is 0.291 e. The van der Waals surface area contributed by atoms with Gasteiger partial charge in [-0.25, -0.2) is 0 Å². The average molecular weight is 392 g/mol. The number of carbonyl (C=O) groups is 2. The highest BCUT2D eigenvalue weighted by molar-refractivity contribution is 6.14. The molecule has 0 bridgehead atoms. The first kappa shape index (κ1) is 19.1. The van der Waals surface area contributed by atoms with E-state index in [4.69, 9.17) is 9.15 Å². The Labute approximate surface area is 169 Å². The Balaban J connectivity index is 1.68. The van der Waals surface area contributed by atoms with Gasteiger partial charge in [0.2, 0.25) is 5.76 Å². The molecular formula is C23H24N2O4. The van der Waals surface area contributed by atoms with Gasteiger partial charge in [-0.3, -0.25) is 9.59 Å². The summed E-state index contributed by atoms with van der Waals surface area (Å²) in [5.41, 5.74) is 1.43. The summed E-state index contributed by atoms with van der Waals surface area (Å²) in [6, 6.07) is 14.2. The minimum atomic E-state index is -0.322. The van der Waals surface area contributed by atoms with Crippen molar-refractivity contribution in [1.29, 1.82) is 0 Å². The molecule has 0 aliphatic carbocycles. The van der Waals surface area contributed by atoms with Gasteiger partial charge in [0.05, 0.1) is 7.11 Å². The van der Waals surface area contributed by atoms with Gasteiger partial charge in [0.15, 0.2) is 0 Å². The predicted octanol–water partition coefficient (Wildman–Crippen LogP) is 4.57. The van der Waals surface area contributed by atoms with E-state index in [1.54, 1.807) is 42.3 Å². The van der Waals surface area contributed by atoms with Gasteiger partial charge in [0.1, 0.15) is 17.0 Å². The van der Waals surface area contributed by atoms with Crippen molar-refractivity contribution < 1.29 is 18.7 Å². The Kier molecular flexibility index (Phi) is 5.25. The summed E-state index contributed by atoms with van der Waals surface area (Å²) in [6.07, 6.45) is 1.94. The first-order valence-electron chi connectivity index (χ1n) is 9.83. The van der Waals surface area contributed by atoms with Crippen LogP contribution in [0.2, 0.25) is 0 Å². The standard InChI is InChI=1S/C23H24N2O4/c1-15-10-12-25(13-11-15)23(27)21-20(18-8-3-4-9-19(18)29-21)24-22(26)16-6-5-7-17(14-16)28-2/h3-9,14-15H,10-13H2,1-2H3,(H,24,26). The Bertz CT molecular complexity index is 1050. The lowest BCUT2D eigenvalue weighted by atomic mass is 9.99. The number of hydrogen-bond donors (Lipinski definition) is 1. The molecule has 2 amide bonds. The highest BCUT2D eigenvalue weighted by Crippen LogP contribution is 2.33. The molecule has 1 fully saturated rings. The second-order valence-electron chi connectivity index (χ2n) is 7.46. The first-order chi connectivity index (χ1) is 14.1. The molecular weight excluding hydrogens is 368 g/mol. The molecule has 0 unspecified atom stereocenters. The molecule has 6 nitrogen and oxygen atoms in total. The fraction of sp³-hybridized carbons (Fsp3) is 0.304. The van der Waals surface area contributed by atoms with Crippen molar-refractivity contribution in [3.63, 3.8) is 0 Å². The Hall–Kier alpha value is -3.28. The van der Waals surface area contributed by atoms with E-state index in [9.17, 15) is 9.59 Å². The molecule has 0 atom stereocenters. The minimum absolute atomic E-state index is 0.178. The van der Waals surface area contributed by atoms with Crippen molar-refractivity contribution in [2.24, 2.45) is 5.92 Å². The molecule has 0 saturated carbocycles. The van der Waals surface area contributed by atoms with Crippen LogP contribution < -0.4 is 10.1 Å². The summed E-state index contributed by atoms with van der Waals surface area (Å²) in [4.78, 5) is 27.9. The fourth-order valence-corrected chi connectivity index (χ4v) is 3.63. The number of likely N-dealkylation sites (tertiary alicyclic amines) is 1. The van der Waals surface area contributed by atoms with Gasteiger partial charge in [-0.2, -0.15) is 0 Å². The zero-order valence-corrected chi connectivity index (χ0v) is 16.6. The first-order valence-corrected chi connectivity index (χ1v) is 9.83. The second-order valence-corrected chi connectivity index (χ2v) is 7.46. The largest absolute Gasteiger partial charge is 0.497 e. The predicted molar refractivity (Wildman–Crippen MR) is 111 cm³/mol. The minimum Gasteiger partial charge on any atom is -0.497 e. The second kappa shape index (κ2) is 7.99. The van der Waals surface area contributed by atoms with Crippen LogP contribution >= 0.6 is 0 Å². The molecule has 2 aromatic carbocycles. The molecule has 1 aliphatic rings. The third-order valence-corrected chi connectivity index (χ3v) is 5.43. The molecule has 1 saturated heterocycles. The number of amides is 2. The van der Waals surface area contributed by atoms with Crippen LogP contribution in [0.15, 0.2) is 52.9 Å². The third kappa shape index (κ3) is 3.83. The molecule has 1 aliphatic heterocycles. The van der Waals surface area contributed by atoms with E-state index in [-0.39, 0.29) is 17.6 Å². The normalized spacial score (nSPS) is 14.8. The van der Waals surface area contributed by atoms with Gasteiger partial charge in [0, 0.05) is 24.0 Å². The van der Waals surface area contributed by atoms with Crippen molar-refractivity contribution in [2.75, 3.05) is 25.5 Å². The topological polar surface area (TPSA) is 71.8 Å². The van der Waals surface area contributed by atoms with Crippen LogP contribution in [0, 0.1) is 5.92 Å². The van der Waals surface area contributed by atoms with E-state index in [1.165, 1.54) is 0 Å². The molecule has 2 heterocycles. The lowest BCUT2D eigenvalue weighted by Crippen LogP contribution is -2.38. The van der Waals surface area contributed by atoms with Crippen LogP contribution in [0.3, 0.4) is 0 Å². The smallest absolute Gasteiger partial charge is 0.291 e. The highest BCUT2D eigenvalue weighted by atomic mass is 16.5. The zero-order valence-electron chi connectivity index (χ0n) is 16.6. The maximum atomic E-state index is 13.2. The van der Waals surface area contributed by atoms with Crippen molar-refractivity contribution in [2.45, 2.75) is 19.8 Å². The molecule has 1 aromatic heterocycles. The Morgan fingerprint density at radius 1 is 1.10 bits per heavy atom. The van der Waals surface area contributed by atoms with Gasteiger partial charge in [-0.1, -0.05) is 25.1 Å². The summed E-state index contributed by atoms with van der Waals surface area (Å²) < 4.78 is 11.1. The molecule has 0 radical (unpaired) electrons. The number of ether oxygens (including phenoxy) is 1. The van der Waals surface area contributed by atoms with Crippen molar-refractivity contribution >= 4 is 28.5 Å². The summed E-state index contributed by atoms with van der Waals surface area (Å²) >= 11 is 0. The number of piperidine rings is 1. The summed E-state index contributed by atoms with van der Waals surface area (Å²) in [5.74, 6) is 0.873. The van der Waals surface area contributed by atoms with E-state index in [0.29, 0.717) is 47.0 Å². The lowest BCUT2D eigenvalue weighted by Gasteiger charge is -2.29. The van der Waals surface area contributed by atoms with Crippen LogP contribution in [0.25, 0.3) is 11.0 Å².